The molecule has 0 amide bonds. The molecule has 0 radical (unpaired) electrons. The number of anilines is 1. The lowest BCUT2D eigenvalue weighted by atomic mass is 10.1. The van der Waals surface area contributed by atoms with E-state index in [-0.39, 0.29) is 0 Å². The molecule has 0 aromatic carbocycles. The maximum atomic E-state index is 5.70. The Bertz CT molecular complexity index is 658. The zero-order valence-electron chi connectivity index (χ0n) is 14.1. The normalized spacial score (nSPS) is 18.3. The Labute approximate surface area is 132 Å². The summed E-state index contributed by atoms with van der Waals surface area (Å²) in [5, 5.41) is 4.65. The average molecular weight is 302 g/mol. The van der Waals surface area contributed by atoms with Gasteiger partial charge in [-0.05, 0) is 46.5 Å². The van der Waals surface area contributed by atoms with Gasteiger partial charge in [-0.25, -0.2) is 4.98 Å². The molecule has 22 heavy (non-hydrogen) atoms. The van der Waals surface area contributed by atoms with Crippen molar-refractivity contribution in [2.75, 3.05) is 25.1 Å². The van der Waals surface area contributed by atoms with E-state index >= 15 is 0 Å². The van der Waals surface area contributed by atoms with Gasteiger partial charge in [0.2, 0.25) is 0 Å². The fourth-order valence-corrected chi connectivity index (χ4v) is 3.15. The number of aromatic nitrogens is 3. The Morgan fingerprint density at radius 3 is 2.91 bits per heavy atom. The molecule has 120 valence electrons. The van der Waals surface area contributed by atoms with Crippen molar-refractivity contribution in [2.24, 2.45) is 0 Å². The van der Waals surface area contributed by atoms with Gasteiger partial charge in [-0.1, -0.05) is 0 Å². The molecule has 1 unspecified atom stereocenters. The molecule has 0 saturated carbocycles. The SMILES string of the molecule is Cc1cc(N(C)CCCC2CCCO2)n2nc(C)c(C)c2n1. The van der Waals surface area contributed by atoms with E-state index in [0.29, 0.717) is 6.10 Å². The quantitative estimate of drug-likeness (QED) is 0.851. The number of hydrogen-bond acceptors (Lipinski definition) is 4. The summed E-state index contributed by atoms with van der Waals surface area (Å²) >= 11 is 0. The van der Waals surface area contributed by atoms with Gasteiger partial charge in [0.1, 0.15) is 5.82 Å². The minimum Gasteiger partial charge on any atom is -0.378 e. The van der Waals surface area contributed by atoms with Crippen LogP contribution in [0.3, 0.4) is 0 Å². The fraction of sp³-hybridized carbons (Fsp3) is 0.647. The molecule has 0 N–H and O–H groups in total. The summed E-state index contributed by atoms with van der Waals surface area (Å²) in [7, 11) is 2.13. The smallest absolute Gasteiger partial charge is 0.160 e. The molecule has 0 aliphatic carbocycles. The van der Waals surface area contributed by atoms with Crippen LogP contribution in [0.5, 0.6) is 0 Å². The van der Waals surface area contributed by atoms with Gasteiger partial charge >= 0.3 is 0 Å². The van der Waals surface area contributed by atoms with Crippen LogP contribution in [0.1, 0.15) is 42.6 Å². The molecule has 0 spiro atoms. The van der Waals surface area contributed by atoms with Crippen LogP contribution in [-0.4, -0.2) is 40.9 Å². The van der Waals surface area contributed by atoms with Gasteiger partial charge in [-0.3, -0.25) is 0 Å². The van der Waals surface area contributed by atoms with Crippen LogP contribution in [0, 0.1) is 20.8 Å². The first-order chi connectivity index (χ1) is 10.6. The third-order valence-corrected chi connectivity index (χ3v) is 4.60. The third-order valence-electron chi connectivity index (χ3n) is 4.60. The van der Waals surface area contributed by atoms with Crippen molar-refractivity contribution in [3.8, 4) is 0 Å². The predicted molar refractivity (Wildman–Crippen MR) is 88.7 cm³/mol. The summed E-state index contributed by atoms with van der Waals surface area (Å²) in [6.45, 7) is 8.13. The zero-order valence-corrected chi connectivity index (χ0v) is 14.1. The lowest BCUT2D eigenvalue weighted by Gasteiger charge is -2.21. The Kier molecular flexibility index (Phi) is 4.34. The van der Waals surface area contributed by atoms with E-state index in [4.69, 9.17) is 4.74 Å². The molecule has 5 heteroatoms. The van der Waals surface area contributed by atoms with E-state index in [1.807, 2.05) is 18.4 Å². The Hall–Kier alpha value is -1.62. The van der Waals surface area contributed by atoms with Crippen molar-refractivity contribution in [3.63, 3.8) is 0 Å². The number of aryl methyl sites for hydroxylation is 3. The second-order valence-corrected chi connectivity index (χ2v) is 6.40. The van der Waals surface area contributed by atoms with Crippen LogP contribution < -0.4 is 4.90 Å². The molecule has 2 aromatic rings. The number of fused-ring (bicyclic) bond motifs is 1. The molecular weight excluding hydrogens is 276 g/mol. The molecule has 1 fully saturated rings. The van der Waals surface area contributed by atoms with Crippen molar-refractivity contribution in [3.05, 3.63) is 23.0 Å². The minimum atomic E-state index is 0.474. The maximum absolute atomic E-state index is 5.70. The van der Waals surface area contributed by atoms with Gasteiger partial charge in [0, 0.05) is 37.5 Å². The van der Waals surface area contributed by atoms with E-state index in [1.54, 1.807) is 0 Å². The van der Waals surface area contributed by atoms with Gasteiger partial charge in [0.05, 0.1) is 11.8 Å². The summed E-state index contributed by atoms with van der Waals surface area (Å²) in [5.41, 5.74) is 4.22. The van der Waals surface area contributed by atoms with E-state index in [9.17, 15) is 0 Å². The first kappa shape index (κ1) is 15.3. The van der Waals surface area contributed by atoms with Crippen molar-refractivity contribution in [1.82, 2.24) is 14.6 Å². The van der Waals surface area contributed by atoms with Crippen LogP contribution in [0.25, 0.3) is 5.65 Å². The second-order valence-electron chi connectivity index (χ2n) is 6.40. The van der Waals surface area contributed by atoms with E-state index in [1.165, 1.54) is 12.8 Å². The maximum Gasteiger partial charge on any atom is 0.160 e. The first-order valence-corrected chi connectivity index (χ1v) is 8.22. The summed E-state index contributed by atoms with van der Waals surface area (Å²) in [5.74, 6) is 1.12. The van der Waals surface area contributed by atoms with Gasteiger partial charge in [0.25, 0.3) is 0 Å². The second kappa shape index (κ2) is 6.24. The average Bonchev–Trinajstić information content (AvgIpc) is 3.09. The topological polar surface area (TPSA) is 42.7 Å². The monoisotopic (exact) mass is 302 g/mol. The molecule has 1 aliphatic heterocycles. The number of hydrogen-bond donors (Lipinski definition) is 0. The minimum absolute atomic E-state index is 0.474. The molecule has 0 bridgehead atoms. The summed E-state index contributed by atoms with van der Waals surface area (Å²) < 4.78 is 7.68. The third kappa shape index (κ3) is 2.95. The molecule has 5 nitrogen and oxygen atoms in total. The Morgan fingerprint density at radius 1 is 1.36 bits per heavy atom. The zero-order chi connectivity index (χ0) is 15.7. The van der Waals surface area contributed by atoms with Gasteiger partial charge < -0.3 is 9.64 Å². The standard InChI is InChI=1S/C17H26N4O/c1-12-11-16(21-17(18-12)13(2)14(3)19-21)20(4)9-5-7-15-8-6-10-22-15/h11,15H,5-10H2,1-4H3. The van der Waals surface area contributed by atoms with Crippen LogP contribution >= 0.6 is 0 Å². The molecule has 3 heterocycles. The molecule has 1 saturated heterocycles. The lowest BCUT2D eigenvalue weighted by Crippen LogP contribution is -2.23. The van der Waals surface area contributed by atoms with Crippen LogP contribution in [0.4, 0.5) is 5.82 Å². The number of nitrogens with zero attached hydrogens (tertiary/aromatic N) is 4. The summed E-state index contributed by atoms with van der Waals surface area (Å²) in [4.78, 5) is 6.92. The van der Waals surface area contributed by atoms with E-state index in [0.717, 1.165) is 54.4 Å². The number of ether oxygens (including phenoxy) is 1. The summed E-state index contributed by atoms with van der Waals surface area (Å²) in [6, 6.07) is 2.12. The van der Waals surface area contributed by atoms with Gasteiger partial charge in [-0.2, -0.15) is 9.61 Å². The highest BCUT2D eigenvalue weighted by molar-refractivity contribution is 5.56. The van der Waals surface area contributed by atoms with Crippen molar-refractivity contribution < 1.29 is 4.74 Å². The lowest BCUT2D eigenvalue weighted by molar-refractivity contribution is 0.103. The van der Waals surface area contributed by atoms with Crippen molar-refractivity contribution >= 4 is 11.5 Å². The highest BCUT2D eigenvalue weighted by atomic mass is 16.5. The summed E-state index contributed by atoms with van der Waals surface area (Å²) in [6.07, 6.45) is 5.20. The molecule has 1 atom stereocenters. The molecule has 2 aromatic heterocycles. The molecule has 1 aliphatic rings. The Morgan fingerprint density at radius 2 is 2.18 bits per heavy atom. The van der Waals surface area contributed by atoms with Crippen molar-refractivity contribution in [2.45, 2.75) is 52.6 Å². The molecule has 3 rings (SSSR count). The highest BCUT2D eigenvalue weighted by Gasteiger charge is 2.17. The van der Waals surface area contributed by atoms with Gasteiger partial charge in [-0.15, -0.1) is 0 Å². The predicted octanol–water partition coefficient (Wildman–Crippen LogP) is 3.05. The van der Waals surface area contributed by atoms with Crippen molar-refractivity contribution in [1.29, 1.82) is 0 Å². The van der Waals surface area contributed by atoms with E-state index < -0.39 is 0 Å². The molecular formula is C17H26N4O. The van der Waals surface area contributed by atoms with Crippen LogP contribution in [0.15, 0.2) is 6.07 Å². The largest absolute Gasteiger partial charge is 0.378 e. The first-order valence-electron chi connectivity index (χ1n) is 8.22. The Balaban J connectivity index is 1.75. The van der Waals surface area contributed by atoms with Crippen LogP contribution in [0.2, 0.25) is 0 Å². The number of rotatable bonds is 5. The van der Waals surface area contributed by atoms with Crippen LogP contribution in [-0.2, 0) is 4.74 Å². The highest BCUT2D eigenvalue weighted by Crippen LogP contribution is 2.22. The van der Waals surface area contributed by atoms with E-state index in [2.05, 4.69) is 35.0 Å². The van der Waals surface area contributed by atoms with Gasteiger partial charge in [0.15, 0.2) is 5.65 Å². The fourth-order valence-electron chi connectivity index (χ4n) is 3.15.